The molecule has 3 aromatic rings. The molecule has 0 aromatic carbocycles. The summed E-state index contributed by atoms with van der Waals surface area (Å²) in [6.07, 6.45) is 0. The monoisotopic (exact) mass is 249 g/mol. The van der Waals surface area contributed by atoms with E-state index in [-0.39, 0.29) is 0 Å². The Bertz CT molecular complexity index is 656. The SMILES string of the molecule is Cc1ccc2[nH]c(-c3sccc3Cl)nc2n1. The van der Waals surface area contributed by atoms with Gasteiger partial charge in [0.15, 0.2) is 11.5 Å². The van der Waals surface area contributed by atoms with Crippen LogP contribution in [0.3, 0.4) is 0 Å². The van der Waals surface area contributed by atoms with Gasteiger partial charge in [0.05, 0.1) is 15.4 Å². The van der Waals surface area contributed by atoms with E-state index in [2.05, 4.69) is 15.0 Å². The fourth-order valence-electron chi connectivity index (χ4n) is 1.56. The van der Waals surface area contributed by atoms with Crippen LogP contribution in [0.4, 0.5) is 0 Å². The lowest BCUT2D eigenvalue weighted by Crippen LogP contribution is -1.80. The maximum atomic E-state index is 6.06. The Kier molecular flexibility index (Phi) is 2.19. The summed E-state index contributed by atoms with van der Waals surface area (Å²) in [6, 6.07) is 5.81. The molecule has 16 heavy (non-hydrogen) atoms. The summed E-state index contributed by atoms with van der Waals surface area (Å²) >= 11 is 7.63. The number of rotatable bonds is 1. The van der Waals surface area contributed by atoms with Crippen molar-refractivity contribution in [1.82, 2.24) is 15.0 Å². The van der Waals surface area contributed by atoms with Crippen molar-refractivity contribution < 1.29 is 0 Å². The molecule has 3 nitrogen and oxygen atoms in total. The highest BCUT2D eigenvalue weighted by Crippen LogP contribution is 2.31. The molecule has 0 bridgehead atoms. The smallest absolute Gasteiger partial charge is 0.178 e. The molecule has 0 aliphatic carbocycles. The third-order valence-electron chi connectivity index (χ3n) is 2.32. The van der Waals surface area contributed by atoms with Gasteiger partial charge in [-0.25, -0.2) is 9.97 Å². The van der Waals surface area contributed by atoms with Crippen LogP contribution in [0.1, 0.15) is 5.69 Å². The third kappa shape index (κ3) is 1.50. The molecule has 80 valence electrons. The van der Waals surface area contributed by atoms with E-state index in [1.165, 1.54) is 0 Å². The molecule has 1 N–H and O–H groups in total. The normalized spacial score (nSPS) is 11.1. The van der Waals surface area contributed by atoms with E-state index < -0.39 is 0 Å². The quantitative estimate of drug-likeness (QED) is 0.715. The highest BCUT2D eigenvalue weighted by atomic mass is 35.5. The van der Waals surface area contributed by atoms with Gasteiger partial charge in [0.2, 0.25) is 0 Å². The molecule has 0 aliphatic heterocycles. The van der Waals surface area contributed by atoms with Gasteiger partial charge in [-0.3, -0.25) is 0 Å². The predicted octanol–water partition coefficient (Wildman–Crippen LogP) is 3.65. The molecular weight excluding hydrogens is 242 g/mol. The maximum Gasteiger partial charge on any atom is 0.178 e. The zero-order valence-electron chi connectivity index (χ0n) is 8.49. The molecule has 0 atom stereocenters. The molecule has 0 spiro atoms. The molecule has 0 unspecified atom stereocenters. The number of aromatic amines is 1. The summed E-state index contributed by atoms with van der Waals surface area (Å²) in [7, 11) is 0. The molecular formula is C11H8ClN3S. The van der Waals surface area contributed by atoms with Gasteiger partial charge in [0, 0.05) is 5.69 Å². The van der Waals surface area contributed by atoms with Crippen LogP contribution in [0.25, 0.3) is 21.9 Å². The van der Waals surface area contributed by atoms with Crippen molar-refractivity contribution in [2.24, 2.45) is 0 Å². The zero-order chi connectivity index (χ0) is 11.1. The Hall–Kier alpha value is -1.39. The van der Waals surface area contributed by atoms with Crippen LogP contribution >= 0.6 is 22.9 Å². The van der Waals surface area contributed by atoms with Gasteiger partial charge in [0.25, 0.3) is 0 Å². The number of hydrogen-bond acceptors (Lipinski definition) is 3. The highest BCUT2D eigenvalue weighted by Gasteiger charge is 2.10. The Balaban J connectivity index is 2.23. The number of aromatic nitrogens is 3. The molecule has 0 saturated carbocycles. The van der Waals surface area contributed by atoms with Crippen LogP contribution in [-0.4, -0.2) is 15.0 Å². The average molecular weight is 250 g/mol. The second-order valence-electron chi connectivity index (χ2n) is 3.51. The van der Waals surface area contributed by atoms with Crippen molar-refractivity contribution in [2.75, 3.05) is 0 Å². The summed E-state index contributed by atoms with van der Waals surface area (Å²) in [5, 5.41) is 2.67. The first-order valence-corrected chi connectivity index (χ1v) is 6.06. The topological polar surface area (TPSA) is 41.6 Å². The van der Waals surface area contributed by atoms with Gasteiger partial charge in [-0.1, -0.05) is 11.6 Å². The van der Waals surface area contributed by atoms with Crippen molar-refractivity contribution >= 4 is 34.1 Å². The van der Waals surface area contributed by atoms with Crippen molar-refractivity contribution in [3.05, 3.63) is 34.3 Å². The minimum Gasteiger partial charge on any atom is -0.336 e. The largest absolute Gasteiger partial charge is 0.336 e. The third-order valence-corrected chi connectivity index (χ3v) is 3.67. The van der Waals surface area contributed by atoms with E-state index >= 15 is 0 Å². The minimum atomic E-state index is 0.723. The van der Waals surface area contributed by atoms with Crippen molar-refractivity contribution in [3.8, 4) is 10.7 Å². The molecule has 0 aliphatic rings. The first-order valence-electron chi connectivity index (χ1n) is 4.81. The van der Waals surface area contributed by atoms with Crippen LogP contribution in [0, 0.1) is 6.92 Å². The summed E-state index contributed by atoms with van der Waals surface area (Å²) < 4.78 is 0. The number of nitrogens with one attached hydrogen (secondary N) is 1. The standard InChI is InChI=1S/C11H8ClN3S/c1-6-2-3-8-10(13-6)15-11(14-8)9-7(12)4-5-16-9/h2-5H,1H3,(H,13,14,15). The second-order valence-corrected chi connectivity index (χ2v) is 4.83. The number of fused-ring (bicyclic) bond motifs is 1. The van der Waals surface area contributed by atoms with Gasteiger partial charge in [-0.2, -0.15) is 0 Å². The number of hydrogen-bond donors (Lipinski definition) is 1. The van der Waals surface area contributed by atoms with E-state index in [0.717, 1.165) is 32.6 Å². The second kappa shape index (κ2) is 3.57. The lowest BCUT2D eigenvalue weighted by Gasteiger charge is -1.89. The molecule has 0 saturated heterocycles. The van der Waals surface area contributed by atoms with E-state index in [9.17, 15) is 0 Å². The Labute approximate surface area is 101 Å². The lowest BCUT2D eigenvalue weighted by molar-refractivity contribution is 1.22. The molecule has 3 rings (SSSR count). The molecule has 0 amide bonds. The Morgan fingerprint density at radius 2 is 2.12 bits per heavy atom. The van der Waals surface area contributed by atoms with E-state index in [1.807, 2.05) is 30.5 Å². The molecule has 3 heterocycles. The first-order chi connectivity index (χ1) is 7.74. The number of nitrogens with zero attached hydrogens (tertiary/aromatic N) is 2. The van der Waals surface area contributed by atoms with E-state index in [4.69, 9.17) is 11.6 Å². The van der Waals surface area contributed by atoms with Gasteiger partial charge >= 0.3 is 0 Å². The van der Waals surface area contributed by atoms with Crippen molar-refractivity contribution in [2.45, 2.75) is 6.92 Å². The average Bonchev–Trinajstić information content (AvgIpc) is 2.82. The summed E-state index contributed by atoms with van der Waals surface area (Å²) in [6.45, 7) is 1.95. The van der Waals surface area contributed by atoms with Crippen LogP contribution in [0.2, 0.25) is 5.02 Å². The predicted molar refractivity (Wildman–Crippen MR) is 66.9 cm³/mol. The molecule has 0 fully saturated rings. The minimum absolute atomic E-state index is 0.723. The number of pyridine rings is 1. The number of imidazole rings is 1. The first kappa shape index (κ1) is 9.81. The number of H-pyrrole nitrogens is 1. The molecule has 3 aromatic heterocycles. The van der Waals surface area contributed by atoms with Gasteiger partial charge in [-0.05, 0) is 30.5 Å². The molecule has 0 radical (unpaired) electrons. The van der Waals surface area contributed by atoms with Crippen LogP contribution in [0.5, 0.6) is 0 Å². The van der Waals surface area contributed by atoms with Crippen LogP contribution in [-0.2, 0) is 0 Å². The highest BCUT2D eigenvalue weighted by molar-refractivity contribution is 7.14. The zero-order valence-corrected chi connectivity index (χ0v) is 10.1. The van der Waals surface area contributed by atoms with Gasteiger partial charge in [-0.15, -0.1) is 11.3 Å². The van der Waals surface area contributed by atoms with Crippen molar-refractivity contribution in [3.63, 3.8) is 0 Å². The number of halogens is 1. The lowest BCUT2D eigenvalue weighted by atomic mass is 10.3. The summed E-state index contributed by atoms with van der Waals surface area (Å²) in [5.41, 5.74) is 2.63. The van der Waals surface area contributed by atoms with Gasteiger partial charge < -0.3 is 4.98 Å². The summed E-state index contributed by atoms with van der Waals surface area (Å²) in [5.74, 6) is 0.785. The van der Waals surface area contributed by atoms with Gasteiger partial charge in [0.1, 0.15) is 0 Å². The number of aryl methyl sites for hydroxylation is 1. The number of thiophene rings is 1. The van der Waals surface area contributed by atoms with Crippen molar-refractivity contribution in [1.29, 1.82) is 0 Å². The van der Waals surface area contributed by atoms with E-state index in [1.54, 1.807) is 11.3 Å². The van der Waals surface area contributed by atoms with E-state index in [0.29, 0.717) is 0 Å². The maximum absolute atomic E-state index is 6.06. The van der Waals surface area contributed by atoms with Crippen LogP contribution < -0.4 is 0 Å². The Morgan fingerprint density at radius 3 is 2.88 bits per heavy atom. The summed E-state index contributed by atoms with van der Waals surface area (Å²) in [4.78, 5) is 13.0. The molecule has 5 heteroatoms. The fourth-order valence-corrected chi connectivity index (χ4v) is 2.65. The fraction of sp³-hybridized carbons (Fsp3) is 0.0909. The Morgan fingerprint density at radius 1 is 1.25 bits per heavy atom. The van der Waals surface area contributed by atoms with Crippen LogP contribution in [0.15, 0.2) is 23.6 Å².